The lowest BCUT2D eigenvalue weighted by atomic mass is 9.99. The van der Waals surface area contributed by atoms with E-state index in [-0.39, 0.29) is 30.9 Å². The molecule has 1 aromatic carbocycles. The highest BCUT2D eigenvalue weighted by Gasteiger charge is 2.27. The van der Waals surface area contributed by atoms with Crippen LogP contribution in [-0.2, 0) is 14.3 Å². The molecule has 31 heavy (non-hydrogen) atoms. The summed E-state index contributed by atoms with van der Waals surface area (Å²) in [5, 5.41) is 0. The zero-order chi connectivity index (χ0) is 23.3. The number of benzene rings is 1. The smallest absolute Gasteiger partial charge is 0.340 e. The molecule has 1 N–H and O–H groups in total. The first-order valence-corrected chi connectivity index (χ1v) is 10.3. The van der Waals surface area contributed by atoms with E-state index in [4.69, 9.17) is 9.47 Å². The maximum atomic E-state index is 12.8. The number of Topliss-reactive ketones (excluding diaryl/α,β-unsaturated/α-hetero) is 2. The number of esters is 2. The van der Waals surface area contributed by atoms with E-state index in [1.807, 2.05) is 26.0 Å². The van der Waals surface area contributed by atoms with Crippen LogP contribution in [0.2, 0.25) is 0 Å². The number of carbonyl (C=O) groups is 4. The minimum Gasteiger partial charge on any atom is -0.462 e. The van der Waals surface area contributed by atoms with Crippen LogP contribution in [0.5, 0.6) is 0 Å². The fraction of sp³-hybridized carbons (Fsp3) is 0.417. The average molecular weight is 427 g/mol. The first-order valence-electron chi connectivity index (χ1n) is 10.3. The lowest BCUT2D eigenvalue weighted by Crippen LogP contribution is -2.25. The van der Waals surface area contributed by atoms with Crippen molar-refractivity contribution in [1.29, 1.82) is 0 Å². The summed E-state index contributed by atoms with van der Waals surface area (Å²) >= 11 is 0. The molecule has 0 spiro atoms. The molecule has 0 aliphatic rings. The highest BCUT2D eigenvalue weighted by molar-refractivity contribution is 6.04. The van der Waals surface area contributed by atoms with Gasteiger partial charge in [-0.3, -0.25) is 14.4 Å². The standard InChI is InChI=1S/C24H29NO6/c1-7-30-24(29)21-15(4)22(25-16(21)5)23(28)17(6)31-20(27)11-10-19(26)18-12-13(2)8-9-14(18)3/h8-9,12,17,25H,7,10-11H2,1-6H3/t17-/m0/s1. The molecular weight excluding hydrogens is 398 g/mol. The summed E-state index contributed by atoms with van der Waals surface area (Å²) < 4.78 is 10.3. The molecule has 0 radical (unpaired) electrons. The van der Waals surface area contributed by atoms with E-state index in [1.54, 1.807) is 26.8 Å². The van der Waals surface area contributed by atoms with Crippen molar-refractivity contribution < 1.29 is 28.7 Å². The van der Waals surface area contributed by atoms with E-state index in [2.05, 4.69) is 4.98 Å². The van der Waals surface area contributed by atoms with Crippen LogP contribution >= 0.6 is 0 Å². The Hall–Kier alpha value is -3.22. The molecule has 0 amide bonds. The minimum absolute atomic E-state index is 0.00230. The second kappa shape index (κ2) is 10.2. The number of aromatic nitrogens is 1. The molecule has 0 unspecified atom stereocenters. The Balaban J connectivity index is 2.01. The van der Waals surface area contributed by atoms with Crippen LogP contribution in [0.4, 0.5) is 0 Å². The quantitative estimate of drug-likeness (QED) is 0.475. The predicted molar refractivity (Wildman–Crippen MR) is 116 cm³/mol. The molecule has 0 saturated heterocycles. The summed E-state index contributed by atoms with van der Waals surface area (Å²) in [6.45, 7) is 10.4. The van der Waals surface area contributed by atoms with Gasteiger partial charge in [0, 0.05) is 17.7 Å². The maximum absolute atomic E-state index is 12.8. The van der Waals surface area contributed by atoms with Crippen molar-refractivity contribution >= 4 is 23.5 Å². The number of H-pyrrole nitrogens is 1. The molecule has 0 fully saturated rings. The largest absolute Gasteiger partial charge is 0.462 e. The second-order valence-corrected chi connectivity index (χ2v) is 7.58. The van der Waals surface area contributed by atoms with Gasteiger partial charge in [0.05, 0.1) is 24.3 Å². The Kier molecular flexibility index (Phi) is 7.91. The third-order valence-electron chi connectivity index (χ3n) is 5.09. The van der Waals surface area contributed by atoms with Crippen LogP contribution < -0.4 is 0 Å². The Morgan fingerprint density at radius 1 is 1.03 bits per heavy atom. The van der Waals surface area contributed by atoms with Gasteiger partial charge >= 0.3 is 11.9 Å². The molecule has 2 aromatic rings. The summed E-state index contributed by atoms with van der Waals surface area (Å²) in [5.41, 5.74) is 3.87. The van der Waals surface area contributed by atoms with Crippen LogP contribution in [0.3, 0.4) is 0 Å². The van der Waals surface area contributed by atoms with Crippen LogP contribution in [0.25, 0.3) is 0 Å². The number of carbonyl (C=O) groups excluding carboxylic acids is 4. The van der Waals surface area contributed by atoms with Gasteiger partial charge in [0.15, 0.2) is 11.9 Å². The molecular formula is C24H29NO6. The summed E-state index contributed by atoms with van der Waals surface area (Å²) in [5.74, 6) is -1.74. The molecule has 7 nitrogen and oxygen atoms in total. The van der Waals surface area contributed by atoms with E-state index in [9.17, 15) is 19.2 Å². The van der Waals surface area contributed by atoms with Crippen LogP contribution in [-0.4, -0.2) is 41.2 Å². The second-order valence-electron chi connectivity index (χ2n) is 7.58. The predicted octanol–water partition coefficient (Wildman–Crippen LogP) is 4.20. The number of aromatic amines is 1. The summed E-state index contributed by atoms with van der Waals surface area (Å²) in [7, 11) is 0. The van der Waals surface area contributed by atoms with Gasteiger partial charge in [-0.15, -0.1) is 0 Å². The van der Waals surface area contributed by atoms with Gasteiger partial charge in [0.2, 0.25) is 5.78 Å². The highest BCUT2D eigenvalue weighted by Crippen LogP contribution is 2.21. The Labute approximate surface area is 182 Å². The molecule has 1 aromatic heterocycles. The van der Waals surface area contributed by atoms with Crippen LogP contribution in [0, 0.1) is 27.7 Å². The zero-order valence-electron chi connectivity index (χ0n) is 18.9. The average Bonchev–Trinajstić information content (AvgIpc) is 3.01. The Morgan fingerprint density at radius 3 is 2.35 bits per heavy atom. The summed E-state index contributed by atoms with van der Waals surface area (Å²) in [4.78, 5) is 52.4. The van der Waals surface area contributed by atoms with E-state index >= 15 is 0 Å². The number of hydrogen-bond acceptors (Lipinski definition) is 6. The lowest BCUT2D eigenvalue weighted by Gasteiger charge is -2.12. The fourth-order valence-corrected chi connectivity index (χ4v) is 3.41. The molecule has 0 aliphatic carbocycles. The van der Waals surface area contributed by atoms with E-state index in [1.165, 1.54) is 6.92 Å². The number of nitrogens with one attached hydrogen (secondary N) is 1. The van der Waals surface area contributed by atoms with Gasteiger partial charge in [-0.25, -0.2) is 4.79 Å². The number of aryl methyl sites for hydroxylation is 3. The molecule has 0 bridgehead atoms. The minimum atomic E-state index is -1.06. The lowest BCUT2D eigenvalue weighted by molar-refractivity contribution is -0.146. The molecule has 1 heterocycles. The number of rotatable bonds is 9. The van der Waals surface area contributed by atoms with Gasteiger partial charge in [-0.1, -0.05) is 17.7 Å². The number of ether oxygens (including phenoxy) is 2. The molecule has 0 saturated carbocycles. The SMILES string of the molecule is CCOC(=O)c1c(C)[nH]c(C(=O)[C@H](C)OC(=O)CCC(=O)c2cc(C)ccc2C)c1C. The number of ketones is 2. The van der Waals surface area contributed by atoms with Crippen molar-refractivity contribution in [3.63, 3.8) is 0 Å². The first-order chi connectivity index (χ1) is 14.6. The first kappa shape index (κ1) is 24.1. The topological polar surface area (TPSA) is 103 Å². The fourth-order valence-electron chi connectivity index (χ4n) is 3.41. The monoisotopic (exact) mass is 427 g/mol. The Bertz CT molecular complexity index is 1020. The van der Waals surface area contributed by atoms with Gasteiger partial charge in [-0.2, -0.15) is 0 Å². The van der Waals surface area contributed by atoms with E-state index in [0.717, 1.165) is 11.1 Å². The van der Waals surface area contributed by atoms with Gasteiger partial charge in [-0.05, 0) is 58.7 Å². The molecule has 2 rings (SSSR count). The molecule has 1 atom stereocenters. The summed E-state index contributed by atoms with van der Waals surface area (Å²) in [6.07, 6.45) is -1.19. The molecule has 166 valence electrons. The van der Waals surface area contributed by atoms with Crippen molar-refractivity contribution in [2.75, 3.05) is 6.61 Å². The normalized spacial score (nSPS) is 11.7. The van der Waals surface area contributed by atoms with E-state index in [0.29, 0.717) is 22.4 Å². The van der Waals surface area contributed by atoms with Crippen molar-refractivity contribution in [3.8, 4) is 0 Å². The summed E-state index contributed by atoms with van der Waals surface area (Å²) in [6, 6.07) is 5.59. The molecule has 0 aliphatic heterocycles. The van der Waals surface area contributed by atoms with Crippen molar-refractivity contribution in [3.05, 3.63) is 57.4 Å². The van der Waals surface area contributed by atoms with Crippen LogP contribution in [0.1, 0.15) is 80.3 Å². The third kappa shape index (κ3) is 5.69. The van der Waals surface area contributed by atoms with Crippen LogP contribution in [0.15, 0.2) is 18.2 Å². The number of hydrogen-bond donors (Lipinski definition) is 1. The van der Waals surface area contributed by atoms with E-state index < -0.39 is 23.8 Å². The highest BCUT2D eigenvalue weighted by atomic mass is 16.5. The molecule has 7 heteroatoms. The maximum Gasteiger partial charge on any atom is 0.340 e. The van der Waals surface area contributed by atoms with Crippen molar-refractivity contribution in [2.24, 2.45) is 0 Å². The zero-order valence-corrected chi connectivity index (χ0v) is 18.9. The van der Waals surface area contributed by atoms with Gasteiger partial charge in [0.25, 0.3) is 0 Å². The van der Waals surface area contributed by atoms with Gasteiger partial charge < -0.3 is 14.5 Å². The van der Waals surface area contributed by atoms with Crippen molar-refractivity contribution in [1.82, 2.24) is 4.98 Å². The van der Waals surface area contributed by atoms with Gasteiger partial charge in [0.1, 0.15) is 0 Å². The Morgan fingerprint density at radius 2 is 1.71 bits per heavy atom. The third-order valence-corrected chi connectivity index (χ3v) is 5.09. The van der Waals surface area contributed by atoms with Crippen molar-refractivity contribution in [2.45, 2.75) is 60.5 Å².